The number of nitrogens with one attached hydrogen (secondary N) is 3. The summed E-state index contributed by atoms with van der Waals surface area (Å²) >= 11 is 0. The summed E-state index contributed by atoms with van der Waals surface area (Å²) in [5, 5.41) is 34.8. The van der Waals surface area contributed by atoms with Gasteiger partial charge in [-0.1, -0.05) is 6.42 Å². The van der Waals surface area contributed by atoms with Crippen LogP contribution < -0.4 is 33.2 Å². The zero-order valence-electron chi connectivity index (χ0n) is 17.6. The SMILES string of the molecule is NCCCCC(N)C(=O)NC(CO)C(=O)NC(CO)C(=O)NC(CCCCN)C(=O)O. The van der Waals surface area contributed by atoms with E-state index in [4.69, 9.17) is 17.2 Å². The number of aliphatic carboxylic acids is 1. The number of unbranched alkanes of at least 4 members (excludes halogenated alkanes) is 2. The third-order valence-electron chi connectivity index (χ3n) is 4.50. The van der Waals surface area contributed by atoms with Crippen LogP contribution >= 0.6 is 0 Å². The van der Waals surface area contributed by atoms with Gasteiger partial charge in [-0.05, 0) is 45.2 Å². The van der Waals surface area contributed by atoms with Crippen LogP contribution in [0.3, 0.4) is 0 Å². The maximum absolute atomic E-state index is 12.3. The molecular formula is C18H36N6O7. The highest BCUT2D eigenvalue weighted by molar-refractivity contribution is 5.94. The summed E-state index contributed by atoms with van der Waals surface area (Å²) in [4.78, 5) is 48.0. The molecule has 4 atom stereocenters. The van der Waals surface area contributed by atoms with Crippen molar-refractivity contribution in [3.8, 4) is 0 Å². The summed E-state index contributed by atoms with van der Waals surface area (Å²) in [6.45, 7) is -0.766. The minimum Gasteiger partial charge on any atom is -0.480 e. The molecule has 0 saturated heterocycles. The van der Waals surface area contributed by atoms with Crippen molar-refractivity contribution in [2.24, 2.45) is 17.2 Å². The molecule has 0 aliphatic carbocycles. The van der Waals surface area contributed by atoms with E-state index in [1.165, 1.54) is 0 Å². The van der Waals surface area contributed by atoms with E-state index in [0.29, 0.717) is 45.2 Å². The van der Waals surface area contributed by atoms with Crippen LogP contribution in [-0.2, 0) is 19.2 Å². The molecule has 0 rings (SSSR count). The van der Waals surface area contributed by atoms with E-state index in [0.717, 1.165) is 0 Å². The molecule has 0 aromatic rings. The number of aliphatic hydroxyl groups is 2. The Bertz CT molecular complexity index is 578. The normalized spacial score (nSPS) is 14.7. The second-order valence-electron chi connectivity index (χ2n) is 7.06. The number of carbonyl (C=O) groups excluding carboxylic acids is 3. The molecule has 0 aliphatic heterocycles. The Morgan fingerprint density at radius 1 is 0.677 bits per heavy atom. The predicted octanol–water partition coefficient (Wildman–Crippen LogP) is -3.90. The van der Waals surface area contributed by atoms with Gasteiger partial charge in [-0.2, -0.15) is 0 Å². The van der Waals surface area contributed by atoms with Crippen molar-refractivity contribution in [1.29, 1.82) is 0 Å². The van der Waals surface area contributed by atoms with E-state index in [9.17, 15) is 34.5 Å². The molecule has 0 saturated carbocycles. The Balaban J connectivity index is 4.86. The van der Waals surface area contributed by atoms with Crippen molar-refractivity contribution in [3.63, 3.8) is 0 Å². The minimum absolute atomic E-state index is 0.127. The van der Waals surface area contributed by atoms with Crippen molar-refractivity contribution in [2.45, 2.75) is 62.7 Å². The lowest BCUT2D eigenvalue weighted by Crippen LogP contribution is -2.59. The molecule has 0 aliphatic rings. The highest BCUT2D eigenvalue weighted by atomic mass is 16.4. The quantitative estimate of drug-likeness (QED) is 0.0978. The van der Waals surface area contributed by atoms with E-state index in [2.05, 4.69) is 16.0 Å². The first-order valence-electron chi connectivity index (χ1n) is 10.2. The lowest BCUT2D eigenvalue weighted by molar-refractivity contribution is -0.142. The fourth-order valence-corrected chi connectivity index (χ4v) is 2.60. The molecule has 0 fully saturated rings. The number of carboxylic acids is 1. The monoisotopic (exact) mass is 448 g/mol. The van der Waals surface area contributed by atoms with Gasteiger partial charge in [0.05, 0.1) is 19.3 Å². The first-order valence-corrected chi connectivity index (χ1v) is 10.2. The summed E-state index contributed by atoms with van der Waals surface area (Å²) in [7, 11) is 0. The molecule has 3 amide bonds. The van der Waals surface area contributed by atoms with Crippen LogP contribution in [-0.4, -0.2) is 89.5 Å². The lowest BCUT2D eigenvalue weighted by Gasteiger charge is -2.23. The molecule has 13 heteroatoms. The smallest absolute Gasteiger partial charge is 0.326 e. The standard InChI is InChI=1S/C18H36N6O7/c19-7-3-1-5-11(21)15(27)23-13(9-25)17(29)24-14(10-26)16(28)22-12(18(30)31)6-2-4-8-20/h11-14,25-26H,1-10,19-21H2,(H,22,28)(H,23,27)(H,24,29)(H,30,31). The second-order valence-corrected chi connectivity index (χ2v) is 7.06. The van der Waals surface area contributed by atoms with Crippen LogP contribution in [0.25, 0.3) is 0 Å². The van der Waals surface area contributed by atoms with Gasteiger partial charge in [0.25, 0.3) is 0 Å². The van der Waals surface area contributed by atoms with Crippen LogP contribution in [0.2, 0.25) is 0 Å². The summed E-state index contributed by atoms with van der Waals surface area (Å²) in [5.41, 5.74) is 16.5. The number of carboxylic acid groups (broad SMARTS) is 1. The molecule has 0 radical (unpaired) electrons. The molecule has 0 heterocycles. The molecule has 12 N–H and O–H groups in total. The third-order valence-corrected chi connectivity index (χ3v) is 4.50. The van der Waals surface area contributed by atoms with Gasteiger partial charge in [-0.25, -0.2) is 4.79 Å². The molecule has 0 aromatic heterocycles. The predicted molar refractivity (Wildman–Crippen MR) is 111 cm³/mol. The van der Waals surface area contributed by atoms with Crippen molar-refractivity contribution in [2.75, 3.05) is 26.3 Å². The number of rotatable bonds is 17. The molecular weight excluding hydrogens is 412 g/mol. The summed E-state index contributed by atoms with van der Waals surface area (Å²) < 4.78 is 0. The van der Waals surface area contributed by atoms with Gasteiger partial charge in [-0.3, -0.25) is 14.4 Å². The van der Waals surface area contributed by atoms with Gasteiger partial charge in [0.15, 0.2) is 0 Å². The molecule has 0 aromatic carbocycles. The minimum atomic E-state index is -1.48. The number of amides is 3. The number of nitrogens with two attached hydrogens (primary N) is 3. The number of carbonyl (C=O) groups is 4. The molecule has 0 spiro atoms. The van der Waals surface area contributed by atoms with Crippen molar-refractivity contribution < 1.29 is 34.5 Å². The average molecular weight is 449 g/mol. The van der Waals surface area contributed by atoms with Crippen LogP contribution in [0.5, 0.6) is 0 Å². The summed E-state index contributed by atoms with van der Waals surface area (Å²) in [5.74, 6) is -3.79. The highest BCUT2D eigenvalue weighted by Gasteiger charge is 2.29. The summed E-state index contributed by atoms with van der Waals surface area (Å²) in [6, 6.07) is -5.01. The Morgan fingerprint density at radius 2 is 1.10 bits per heavy atom. The molecule has 4 unspecified atom stereocenters. The van der Waals surface area contributed by atoms with Gasteiger partial charge in [0.2, 0.25) is 17.7 Å². The zero-order chi connectivity index (χ0) is 23.8. The number of aliphatic hydroxyl groups excluding tert-OH is 2. The van der Waals surface area contributed by atoms with Gasteiger partial charge in [0, 0.05) is 0 Å². The van der Waals surface area contributed by atoms with E-state index < -0.39 is 61.1 Å². The summed E-state index contributed by atoms with van der Waals surface area (Å²) in [6.07, 6.45) is 2.80. The first kappa shape index (κ1) is 28.7. The maximum Gasteiger partial charge on any atom is 0.326 e. The van der Waals surface area contributed by atoms with Crippen molar-refractivity contribution in [3.05, 3.63) is 0 Å². The third kappa shape index (κ3) is 11.6. The van der Waals surface area contributed by atoms with E-state index in [-0.39, 0.29) is 6.42 Å². The Labute approximate surface area is 181 Å². The first-order chi connectivity index (χ1) is 14.7. The Morgan fingerprint density at radius 3 is 1.52 bits per heavy atom. The fraction of sp³-hybridized carbons (Fsp3) is 0.778. The fourth-order valence-electron chi connectivity index (χ4n) is 2.60. The molecule has 0 bridgehead atoms. The lowest BCUT2D eigenvalue weighted by atomic mass is 10.1. The van der Waals surface area contributed by atoms with Crippen LogP contribution in [0, 0.1) is 0 Å². The van der Waals surface area contributed by atoms with Crippen LogP contribution in [0.4, 0.5) is 0 Å². The van der Waals surface area contributed by atoms with E-state index in [1.807, 2.05) is 0 Å². The van der Waals surface area contributed by atoms with Crippen molar-refractivity contribution in [1.82, 2.24) is 16.0 Å². The average Bonchev–Trinajstić information content (AvgIpc) is 2.74. The van der Waals surface area contributed by atoms with Gasteiger partial charge < -0.3 is 48.5 Å². The van der Waals surface area contributed by atoms with E-state index in [1.54, 1.807) is 0 Å². The largest absolute Gasteiger partial charge is 0.480 e. The Hall–Kier alpha value is -2.32. The molecule has 180 valence electrons. The topological polar surface area (TPSA) is 243 Å². The maximum atomic E-state index is 12.3. The molecule has 13 nitrogen and oxygen atoms in total. The van der Waals surface area contributed by atoms with Crippen molar-refractivity contribution >= 4 is 23.7 Å². The van der Waals surface area contributed by atoms with E-state index >= 15 is 0 Å². The Kier molecular flexibility index (Phi) is 15.2. The van der Waals surface area contributed by atoms with Crippen LogP contribution in [0.15, 0.2) is 0 Å². The number of hydrogen-bond donors (Lipinski definition) is 9. The number of hydrogen-bond acceptors (Lipinski definition) is 9. The van der Waals surface area contributed by atoms with Gasteiger partial charge in [-0.15, -0.1) is 0 Å². The zero-order valence-corrected chi connectivity index (χ0v) is 17.6. The highest BCUT2D eigenvalue weighted by Crippen LogP contribution is 2.02. The van der Waals surface area contributed by atoms with Gasteiger partial charge in [0.1, 0.15) is 18.1 Å². The van der Waals surface area contributed by atoms with Crippen LogP contribution in [0.1, 0.15) is 38.5 Å². The molecule has 31 heavy (non-hydrogen) atoms. The second kappa shape index (κ2) is 16.4. The van der Waals surface area contributed by atoms with Gasteiger partial charge >= 0.3 is 5.97 Å².